The second-order valence-electron chi connectivity index (χ2n) is 3.93. The van der Waals surface area contributed by atoms with Crippen LogP contribution in [-0.2, 0) is 0 Å². The van der Waals surface area contributed by atoms with Gasteiger partial charge in [-0.25, -0.2) is 0 Å². The van der Waals surface area contributed by atoms with E-state index in [9.17, 15) is 10.2 Å². The number of aromatic hydroxyl groups is 2. The number of ether oxygens (including phenoxy) is 1. The molecular formula is C14H14O3. The van der Waals surface area contributed by atoms with Crippen LogP contribution in [0.5, 0.6) is 23.0 Å². The molecule has 2 aromatic carbocycles. The molecule has 0 unspecified atom stereocenters. The first-order valence-corrected chi connectivity index (χ1v) is 5.34. The van der Waals surface area contributed by atoms with Gasteiger partial charge in [0.25, 0.3) is 0 Å². The monoisotopic (exact) mass is 230 g/mol. The van der Waals surface area contributed by atoms with Crippen LogP contribution in [0.3, 0.4) is 0 Å². The molecule has 0 fully saturated rings. The largest absolute Gasteiger partial charge is 0.504 e. The van der Waals surface area contributed by atoms with Crippen LogP contribution in [0.1, 0.15) is 11.1 Å². The fraction of sp³-hybridized carbons (Fsp3) is 0.143. The van der Waals surface area contributed by atoms with Crippen molar-refractivity contribution in [3.63, 3.8) is 0 Å². The fourth-order valence-electron chi connectivity index (χ4n) is 1.56. The van der Waals surface area contributed by atoms with Crippen molar-refractivity contribution in [3.05, 3.63) is 47.5 Å². The highest BCUT2D eigenvalue weighted by molar-refractivity contribution is 5.52. The topological polar surface area (TPSA) is 49.7 Å². The van der Waals surface area contributed by atoms with Gasteiger partial charge in [-0.1, -0.05) is 18.2 Å². The summed E-state index contributed by atoms with van der Waals surface area (Å²) in [6.45, 7) is 3.80. The molecule has 0 atom stereocenters. The first-order chi connectivity index (χ1) is 8.09. The van der Waals surface area contributed by atoms with Gasteiger partial charge >= 0.3 is 0 Å². The van der Waals surface area contributed by atoms with Crippen LogP contribution in [-0.4, -0.2) is 10.2 Å². The van der Waals surface area contributed by atoms with Crippen molar-refractivity contribution in [1.82, 2.24) is 0 Å². The molecule has 0 saturated carbocycles. The molecule has 2 aromatic rings. The van der Waals surface area contributed by atoms with E-state index in [1.165, 1.54) is 6.07 Å². The Hall–Kier alpha value is -2.16. The van der Waals surface area contributed by atoms with Gasteiger partial charge in [-0.05, 0) is 43.2 Å². The van der Waals surface area contributed by atoms with Gasteiger partial charge in [-0.15, -0.1) is 0 Å². The molecule has 0 aromatic heterocycles. The van der Waals surface area contributed by atoms with Gasteiger partial charge in [0.05, 0.1) is 0 Å². The van der Waals surface area contributed by atoms with Crippen LogP contribution in [0.25, 0.3) is 0 Å². The SMILES string of the molecule is Cc1ccc(O)c(Oc2ccccc2O)c1C. The summed E-state index contributed by atoms with van der Waals surface area (Å²) in [4.78, 5) is 0. The molecule has 2 N–H and O–H groups in total. The average Bonchev–Trinajstić information content (AvgIpc) is 2.32. The molecule has 0 spiro atoms. The quantitative estimate of drug-likeness (QED) is 0.830. The zero-order valence-corrected chi connectivity index (χ0v) is 9.77. The maximum Gasteiger partial charge on any atom is 0.172 e. The van der Waals surface area contributed by atoms with E-state index in [2.05, 4.69) is 0 Å². The van der Waals surface area contributed by atoms with Crippen molar-refractivity contribution in [2.75, 3.05) is 0 Å². The molecule has 3 heteroatoms. The van der Waals surface area contributed by atoms with Crippen LogP contribution in [0.2, 0.25) is 0 Å². The molecule has 88 valence electrons. The zero-order chi connectivity index (χ0) is 12.4. The van der Waals surface area contributed by atoms with Crippen LogP contribution in [0, 0.1) is 13.8 Å². The number of hydrogen-bond acceptors (Lipinski definition) is 3. The number of rotatable bonds is 2. The summed E-state index contributed by atoms with van der Waals surface area (Å²) >= 11 is 0. The molecule has 0 aliphatic heterocycles. The van der Waals surface area contributed by atoms with Crippen LogP contribution < -0.4 is 4.74 Å². The van der Waals surface area contributed by atoms with Crippen LogP contribution in [0.4, 0.5) is 0 Å². The third-order valence-electron chi connectivity index (χ3n) is 2.73. The van der Waals surface area contributed by atoms with Crippen molar-refractivity contribution in [2.45, 2.75) is 13.8 Å². The van der Waals surface area contributed by atoms with Crippen molar-refractivity contribution in [1.29, 1.82) is 0 Å². The molecule has 0 bridgehead atoms. The number of aryl methyl sites for hydroxylation is 1. The first kappa shape index (κ1) is 11.3. The molecule has 3 nitrogen and oxygen atoms in total. The maximum atomic E-state index is 9.76. The van der Waals surface area contributed by atoms with E-state index < -0.39 is 0 Å². The number of phenols is 2. The number of benzene rings is 2. The molecule has 17 heavy (non-hydrogen) atoms. The second kappa shape index (κ2) is 4.37. The molecule has 0 saturated heterocycles. The molecule has 0 radical (unpaired) electrons. The number of phenolic OH excluding ortho intramolecular Hbond substituents is 2. The summed E-state index contributed by atoms with van der Waals surface area (Å²) in [5.41, 5.74) is 1.88. The fourth-order valence-corrected chi connectivity index (χ4v) is 1.56. The van der Waals surface area contributed by atoms with Gasteiger partial charge in [0.2, 0.25) is 0 Å². The third-order valence-corrected chi connectivity index (χ3v) is 2.73. The van der Waals surface area contributed by atoms with Gasteiger partial charge < -0.3 is 14.9 Å². The lowest BCUT2D eigenvalue weighted by Gasteiger charge is -2.13. The molecule has 0 amide bonds. The van der Waals surface area contributed by atoms with E-state index in [4.69, 9.17) is 4.74 Å². The Labute approximate surface area is 99.9 Å². The molecular weight excluding hydrogens is 216 g/mol. The number of para-hydroxylation sites is 2. The minimum absolute atomic E-state index is 0.0489. The molecule has 0 aliphatic rings. The Bertz CT molecular complexity index is 547. The summed E-state index contributed by atoms with van der Waals surface area (Å²) in [5.74, 6) is 0.826. The maximum absolute atomic E-state index is 9.76. The highest BCUT2D eigenvalue weighted by Gasteiger charge is 2.11. The van der Waals surface area contributed by atoms with E-state index in [1.54, 1.807) is 24.3 Å². The number of hydrogen-bond donors (Lipinski definition) is 2. The van der Waals surface area contributed by atoms with Gasteiger partial charge in [0, 0.05) is 0 Å². The lowest BCUT2D eigenvalue weighted by atomic mass is 10.1. The predicted molar refractivity (Wildman–Crippen MR) is 65.8 cm³/mol. The Morgan fingerprint density at radius 3 is 2.29 bits per heavy atom. The normalized spacial score (nSPS) is 10.2. The van der Waals surface area contributed by atoms with Crippen LogP contribution in [0.15, 0.2) is 36.4 Å². The van der Waals surface area contributed by atoms with Gasteiger partial charge in [-0.3, -0.25) is 0 Å². The van der Waals surface area contributed by atoms with E-state index >= 15 is 0 Å². The van der Waals surface area contributed by atoms with Gasteiger partial charge in [0.15, 0.2) is 23.0 Å². The average molecular weight is 230 g/mol. The summed E-state index contributed by atoms with van der Waals surface area (Å²) in [7, 11) is 0. The molecule has 2 rings (SSSR count). The van der Waals surface area contributed by atoms with E-state index in [1.807, 2.05) is 19.9 Å². The van der Waals surface area contributed by atoms with Gasteiger partial charge in [-0.2, -0.15) is 0 Å². The molecule has 0 heterocycles. The minimum atomic E-state index is 0.0489. The van der Waals surface area contributed by atoms with Crippen molar-refractivity contribution < 1.29 is 14.9 Å². The molecule has 0 aliphatic carbocycles. The summed E-state index contributed by atoms with van der Waals surface area (Å²) < 4.78 is 5.55. The van der Waals surface area contributed by atoms with Gasteiger partial charge in [0.1, 0.15) is 0 Å². The Kier molecular flexibility index (Phi) is 2.91. The lowest BCUT2D eigenvalue weighted by Crippen LogP contribution is -1.91. The Morgan fingerprint density at radius 1 is 0.882 bits per heavy atom. The minimum Gasteiger partial charge on any atom is -0.504 e. The van der Waals surface area contributed by atoms with Crippen molar-refractivity contribution >= 4 is 0 Å². The summed E-state index contributed by atoms with van der Waals surface area (Å²) in [6, 6.07) is 10.1. The highest BCUT2D eigenvalue weighted by Crippen LogP contribution is 2.38. The standard InChI is InChI=1S/C14H14O3/c1-9-7-8-12(16)14(10(9)2)17-13-6-4-3-5-11(13)15/h3-8,15-16H,1-2H3. The van der Waals surface area contributed by atoms with E-state index in [0.29, 0.717) is 11.5 Å². The Morgan fingerprint density at radius 2 is 1.59 bits per heavy atom. The summed E-state index contributed by atoms with van der Waals surface area (Å²) in [6.07, 6.45) is 0. The summed E-state index contributed by atoms with van der Waals surface area (Å²) in [5, 5.41) is 19.4. The van der Waals surface area contributed by atoms with E-state index in [-0.39, 0.29) is 11.5 Å². The Balaban J connectivity index is 2.43. The zero-order valence-electron chi connectivity index (χ0n) is 9.77. The predicted octanol–water partition coefficient (Wildman–Crippen LogP) is 3.51. The third kappa shape index (κ3) is 2.18. The second-order valence-corrected chi connectivity index (χ2v) is 3.93. The van der Waals surface area contributed by atoms with Crippen molar-refractivity contribution in [3.8, 4) is 23.0 Å². The van der Waals surface area contributed by atoms with E-state index in [0.717, 1.165) is 11.1 Å². The van der Waals surface area contributed by atoms with Crippen molar-refractivity contribution in [2.24, 2.45) is 0 Å². The van der Waals surface area contributed by atoms with Crippen LogP contribution >= 0.6 is 0 Å². The smallest absolute Gasteiger partial charge is 0.172 e. The lowest BCUT2D eigenvalue weighted by molar-refractivity contribution is 0.383. The highest BCUT2D eigenvalue weighted by atomic mass is 16.5. The first-order valence-electron chi connectivity index (χ1n) is 5.34.